The molecule has 1 aliphatic carbocycles. The van der Waals surface area contributed by atoms with Gasteiger partial charge in [-0.05, 0) is 55.5 Å². The topological polar surface area (TPSA) is 83.5 Å². The fraction of sp³-hybridized carbons (Fsp3) is 0.350. The molecule has 0 unspecified atom stereocenters. The Kier molecular flexibility index (Phi) is 4.90. The SMILES string of the molecule is Cc1ccc(C2(CNS(=O)(=O)c3cccc(CC(=O)O)c3)CC2)c(C)c1. The van der Waals surface area contributed by atoms with Gasteiger partial charge in [0.05, 0.1) is 11.3 Å². The van der Waals surface area contributed by atoms with E-state index in [1.165, 1.54) is 28.8 Å². The molecule has 26 heavy (non-hydrogen) atoms. The zero-order valence-corrected chi connectivity index (χ0v) is 15.8. The number of aryl methyl sites for hydroxylation is 2. The van der Waals surface area contributed by atoms with Gasteiger partial charge in [0, 0.05) is 12.0 Å². The van der Waals surface area contributed by atoms with E-state index in [2.05, 4.69) is 29.8 Å². The highest BCUT2D eigenvalue weighted by Gasteiger charge is 2.45. The molecule has 0 spiro atoms. The molecule has 2 aromatic rings. The van der Waals surface area contributed by atoms with Crippen molar-refractivity contribution in [3.63, 3.8) is 0 Å². The minimum absolute atomic E-state index is 0.104. The van der Waals surface area contributed by atoms with Crippen LogP contribution in [0.2, 0.25) is 0 Å². The van der Waals surface area contributed by atoms with E-state index in [4.69, 9.17) is 5.11 Å². The number of rotatable bonds is 7. The van der Waals surface area contributed by atoms with E-state index in [1.807, 2.05) is 6.92 Å². The molecule has 0 amide bonds. The number of carboxylic acids is 1. The van der Waals surface area contributed by atoms with Crippen molar-refractivity contribution in [2.45, 2.75) is 43.4 Å². The van der Waals surface area contributed by atoms with Crippen molar-refractivity contribution < 1.29 is 18.3 Å². The van der Waals surface area contributed by atoms with Gasteiger partial charge < -0.3 is 5.11 Å². The lowest BCUT2D eigenvalue weighted by Gasteiger charge is -2.19. The minimum atomic E-state index is -3.68. The predicted molar refractivity (Wildman–Crippen MR) is 99.8 cm³/mol. The van der Waals surface area contributed by atoms with Crippen LogP contribution in [0.1, 0.15) is 35.1 Å². The van der Waals surface area contributed by atoms with Crippen molar-refractivity contribution in [2.24, 2.45) is 0 Å². The van der Waals surface area contributed by atoms with Gasteiger partial charge in [-0.15, -0.1) is 0 Å². The molecular formula is C20H23NO4S. The summed E-state index contributed by atoms with van der Waals surface area (Å²) >= 11 is 0. The zero-order valence-electron chi connectivity index (χ0n) is 15.0. The second-order valence-corrected chi connectivity index (χ2v) is 8.91. The molecule has 138 valence electrons. The fourth-order valence-electron chi connectivity index (χ4n) is 3.41. The maximum absolute atomic E-state index is 12.7. The third-order valence-electron chi connectivity index (χ3n) is 4.97. The summed E-state index contributed by atoms with van der Waals surface area (Å²) in [5.41, 5.74) is 3.91. The lowest BCUT2D eigenvalue weighted by Crippen LogP contribution is -2.32. The van der Waals surface area contributed by atoms with Crippen LogP contribution >= 0.6 is 0 Å². The van der Waals surface area contributed by atoms with E-state index in [0.29, 0.717) is 12.1 Å². The van der Waals surface area contributed by atoms with Gasteiger partial charge in [0.2, 0.25) is 10.0 Å². The number of hydrogen-bond donors (Lipinski definition) is 2. The average molecular weight is 373 g/mol. The molecule has 0 bridgehead atoms. The summed E-state index contributed by atoms with van der Waals surface area (Å²) in [6.45, 7) is 4.46. The first-order valence-electron chi connectivity index (χ1n) is 8.60. The monoisotopic (exact) mass is 373 g/mol. The quantitative estimate of drug-likeness (QED) is 0.782. The summed E-state index contributed by atoms with van der Waals surface area (Å²) in [5, 5.41) is 8.89. The van der Waals surface area contributed by atoms with E-state index < -0.39 is 16.0 Å². The summed E-state index contributed by atoms with van der Waals surface area (Å²) in [7, 11) is -3.68. The average Bonchev–Trinajstić information content (AvgIpc) is 3.34. The Morgan fingerprint density at radius 3 is 2.50 bits per heavy atom. The number of nitrogens with one attached hydrogen (secondary N) is 1. The highest BCUT2D eigenvalue weighted by molar-refractivity contribution is 7.89. The number of sulfonamides is 1. The van der Waals surface area contributed by atoms with Gasteiger partial charge in [-0.3, -0.25) is 4.79 Å². The summed E-state index contributed by atoms with van der Waals surface area (Å²) in [6.07, 6.45) is 1.72. The Morgan fingerprint density at radius 1 is 1.15 bits per heavy atom. The normalized spacial score (nSPS) is 15.6. The Balaban J connectivity index is 1.77. The first kappa shape index (κ1) is 18.6. The largest absolute Gasteiger partial charge is 0.481 e. The van der Waals surface area contributed by atoms with Crippen molar-refractivity contribution >= 4 is 16.0 Å². The third kappa shape index (κ3) is 3.97. The predicted octanol–water partition coefficient (Wildman–Crippen LogP) is 2.94. The fourth-order valence-corrected chi connectivity index (χ4v) is 4.61. The van der Waals surface area contributed by atoms with Gasteiger partial charge in [-0.2, -0.15) is 0 Å². The Labute approximate surface area is 154 Å². The molecule has 1 saturated carbocycles. The first-order chi connectivity index (χ1) is 12.2. The van der Waals surface area contributed by atoms with Crippen molar-refractivity contribution in [1.29, 1.82) is 0 Å². The molecular weight excluding hydrogens is 350 g/mol. The molecule has 0 heterocycles. The van der Waals surface area contributed by atoms with Crippen LogP contribution in [0.25, 0.3) is 0 Å². The van der Waals surface area contributed by atoms with Gasteiger partial charge >= 0.3 is 5.97 Å². The lowest BCUT2D eigenvalue weighted by molar-refractivity contribution is -0.136. The number of carbonyl (C=O) groups is 1. The maximum atomic E-state index is 12.7. The Bertz CT molecular complexity index is 946. The van der Waals surface area contributed by atoms with Crippen LogP contribution in [-0.2, 0) is 26.7 Å². The maximum Gasteiger partial charge on any atom is 0.307 e. The second-order valence-electron chi connectivity index (χ2n) is 7.14. The van der Waals surface area contributed by atoms with Crippen LogP contribution in [0.15, 0.2) is 47.4 Å². The van der Waals surface area contributed by atoms with Crippen LogP contribution < -0.4 is 4.72 Å². The molecule has 0 aliphatic heterocycles. The van der Waals surface area contributed by atoms with E-state index in [9.17, 15) is 13.2 Å². The smallest absolute Gasteiger partial charge is 0.307 e. The van der Waals surface area contributed by atoms with Gasteiger partial charge in [0.25, 0.3) is 0 Å². The van der Waals surface area contributed by atoms with Crippen molar-refractivity contribution in [3.8, 4) is 0 Å². The standard InChI is InChI=1S/C20H23NO4S/c1-14-6-7-18(15(2)10-14)20(8-9-20)13-21-26(24,25)17-5-3-4-16(11-17)12-19(22)23/h3-7,10-11,21H,8-9,12-13H2,1-2H3,(H,22,23). The molecule has 0 saturated heterocycles. The minimum Gasteiger partial charge on any atom is -0.481 e. The van der Waals surface area contributed by atoms with E-state index in [0.717, 1.165) is 12.8 Å². The van der Waals surface area contributed by atoms with E-state index >= 15 is 0 Å². The molecule has 1 fully saturated rings. The van der Waals surface area contributed by atoms with Crippen LogP contribution in [0.4, 0.5) is 0 Å². The third-order valence-corrected chi connectivity index (χ3v) is 6.37. The molecule has 2 aromatic carbocycles. The molecule has 0 atom stereocenters. The van der Waals surface area contributed by atoms with Crippen LogP contribution in [0.3, 0.4) is 0 Å². The van der Waals surface area contributed by atoms with Crippen LogP contribution in [-0.4, -0.2) is 26.0 Å². The Hall–Kier alpha value is -2.18. The van der Waals surface area contributed by atoms with Gasteiger partial charge in [-0.1, -0.05) is 35.9 Å². The molecule has 2 N–H and O–H groups in total. The van der Waals surface area contributed by atoms with Gasteiger partial charge in [-0.25, -0.2) is 13.1 Å². The number of carboxylic acid groups (broad SMARTS) is 1. The second kappa shape index (κ2) is 6.85. The molecule has 3 rings (SSSR count). The summed E-state index contributed by atoms with van der Waals surface area (Å²) < 4.78 is 28.0. The van der Waals surface area contributed by atoms with Crippen molar-refractivity contribution in [1.82, 2.24) is 4.72 Å². The van der Waals surface area contributed by atoms with Crippen molar-refractivity contribution in [2.75, 3.05) is 6.54 Å². The zero-order chi connectivity index (χ0) is 18.9. The summed E-state index contributed by atoms with van der Waals surface area (Å²) in [5.74, 6) is -0.987. The van der Waals surface area contributed by atoms with Crippen LogP contribution in [0, 0.1) is 13.8 Å². The molecule has 1 aliphatic rings. The van der Waals surface area contributed by atoms with Crippen molar-refractivity contribution in [3.05, 3.63) is 64.7 Å². The van der Waals surface area contributed by atoms with Gasteiger partial charge in [0.1, 0.15) is 0 Å². The Morgan fingerprint density at radius 2 is 1.88 bits per heavy atom. The first-order valence-corrected chi connectivity index (χ1v) is 10.1. The van der Waals surface area contributed by atoms with E-state index in [1.54, 1.807) is 12.1 Å². The molecule has 0 radical (unpaired) electrons. The number of hydrogen-bond acceptors (Lipinski definition) is 3. The van der Waals surface area contributed by atoms with Gasteiger partial charge in [0.15, 0.2) is 0 Å². The molecule has 5 nitrogen and oxygen atoms in total. The van der Waals surface area contributed by atoms with Crippen LogP contribution in [0.5, 0.6) is 0 Å². The highest BCUT2D eigenvalue weighted by atomic mass is 32.2. The molecule has 6 heteroatoms. The number of aliphatic carboxylic acids is 1. The molecule has 0 aromatic heterocycles. The van der Waals surface area contributed by atoms with E-state index in [-0.39, 0.29) is 16.7 Å². The highest BCUT2D eigenvalue weighted by Crippen LogP contribution is 2.49. The summed E-state index contributed by atoms with van der Waals surface area (Å²) in [6, 6.07) is 12.4. The summed E-state index contributed by atoms with van der Waals surface area (Å²) in [4.78, 5) is 10.9. The lowest BCUT2D eigenvalue weighted by atomic mass is 9.91. The number of benzene rings is 2.